The SMILES string of the molecule is CCCOc1ccc([C@@H]2C3=C(CC(C)(C)CC3=O)Nc3ccccc3N2C(=O)C(F)(F)F)cc1OC. The van der Waals surface area contributed by atoms with E-state index in [0.717, 1.165) is 6.42 Å². The number of fused-ring (bicyclic) bond motifs is 1. The van der Waals surface area contributed by atoms with Crippen molar-refractivity contribution in [2.24, 2.45) is 5.41 Å². The van der Waals surface area contributed by atoms with Gasteiger partial charge in [0.15, 0.2) is 17.3 Å². The number of nitrogens with zero attached hydrogens (tertiary/aromatic N) is 1. The molecule has 0 bridgehead atoms. The van der Waals surface area contributed by atoms with Gasteiger partial charge >= 0.3 is 12.1 Å². The molecule has 4 rings (SSSR count). The van der Waals surface area contributed by atoms with Crippen LogP contribution in [0.25, 0.3) is 0 Å². The first kappa shape index (κ1) is 25.6. The molecule has 1 amide bonds. The molecular formula is C27H29F3N2O4. The van der Waals surface area contributed by atoms with Gasteiger partial charge in [-0.3, -0.25) is 14.5 Å². The van der Waals surface area contributed by atoms with Crippen LogP contribution in [0.3, 0.4) is 0 Å². The first-order valence-electron chi connectivity index (χ1n) is 11.8. The third kappa shape index (κ3) is 4.79. The van der Waals surface area contributed by atoms with E-state index in [2.05, 4.69) is 5.32 Å². The second kappa shape index (κ2) is 9.52. The van der Waals surface area contributed by atoms with Gasteiger partial charge in [-0.2, -0.15) is 13.2 Å². The molecule has 0 aromatic heterocycles. The van der Waals surface area contributed by atoms with Gasteiger partial charge in [0.25, 0.3) is 0 Å². The van der Waals surface area contributed by atoms with Gasteiger partial charge < -0.3 is 14.8 Å². The van der Waals surface area contributed by atoms with E-state index in [1.165, 1.54) is 19.2 Å². The van der Waals surface area contributed by atoms with E-state index in [1.54, 1.807) is 30.3 Å². The highest BCUT2D eigenvalue weighted by molar-refractivity contribution is 6.07. The minimum atomic E-state index is -5.17. The molecule has 0 saturated heterocycles. The van der Waals surface area contributed by atoms with E-state index in [0.29, 0.717) is 46.4 Å². The van der Waals surface area contributed by atoms with Crippen molar-refractivity contribution in [2.75, 3.05) is 23.9 Å². The van der Waals surface area contributed by atoms with Gasteiger partial charge in [0.05, 0.1) is 31.1 Å². The number of ketones is 1. The number of hydrogen-bond donors (Lipinski definition) is 1. The quantitative estimate of drug-likeness (QED) is 0.528. The fraction of sp³-hybridized carbons (Fsp3) is 0.407. The maximum atomic E-state index is 14.0. The summed E-state index contributed by atoms with van der Waals surface area (Å²) in [6.07, 6.45) is -3.84. The zero-order chi connectivity index (χ0) is 26.3. The van der Waals surface area contributed by atoms with Crippen LogP contribution in [-0.2, 0) is 9.59 Å². The largest absolute Gasteiger partial charge is 0.493 e. The number of anilines is 2. The molecule has 0 unspecified atom stereocenters. The molecule has 2 aromatic carbocycles. The molecule has 1 N–H and O–H groups in total. The monoisotopic (exact) mass is 502 g/mol. The Hall–Kier alpha value is -3.49. The van der Waals surface area contributed by atoms with Crippen LogP contribution < -0.4 is 19.7 Å². The maximum absolute atomic E-state index is 14.0. The Labute approximate surface area is 208 Å². The summed E-state index contributed by atoms with van der Waals surface area (Å²) in [4.78, 5) is 27.2. The highest BCUT2D eigenvalue weighted by atomic mass is 19.4. The summed E-state index contributed by atoms with van der Waals surface area (Å²) in [5.41, 5.74) is 0.929. The molecule has 0 radical (unpaired) electrons. The topological polar surface area (TPSA) is 67.9 Å². The lowest BCUT2D eigenvalue weighted by atomic mass is 9.73. The summed E-state index contributed by atoms with van der Waals surface area (Å²) >= 11 is 0. The van der Waals surface area contributed by atoms with Crippen molar-refractivity contribution in [1.29, 1.82) is 0 Å². The van der Waals surface area contributed by atoms with Crippen LogP contribution in [0.15, 0.2) is 53.7 Å². The second-order valence-corrected chi connectivity index (χ2v) is 9.81. The number of allylic oxidation sites excluding steroid dienone is 1. The Morgan fingerprint density at radius 2 is 1.86 bits per heavy atom. The zero-order valence-corrected chi connectivity index (χ0v) is 20.7. The maximum Gasteiger partial charge on any atom is 0.471 e. The third-order valence-corrected chi connectivity index (χ3v) is 6.33. The van der Waals surface area contributed by atoms with Crippen molar-refractivity contribution >= 4 is 23.1 Å². The molecule has 0 saturated carbocycles. The summed E-state index contributed by atoms with van der Waals surface area (Å²) < 4.78 is 53.1. The first-order chi connectivity index (χ1) is 17.0. The predicted octanol–water partition coefficient (Wildman–Crippen LogP) is 6.19. The molecule has 2 aromatic rings. The predicted molar refractivity (Wildman–Crippen MR) is 130 cm³/mol. The van der Waals surface area contributed by atoms with Gasteiger partial charge in [0, 0.05) is 17.7 Å². The van der Waals surface area contributed by atoms with Gasteiger partial charge in [-0.1, -0.05) is 39.0 Å². The normalized spacial score (nSPS) is 19.1. The Morgan fingerprint density at radius 3 is 2.53 bits per heavy atom. The highest BCUT2D eigenvalue weighted by Crippen LogP contribution is 2.50. The second-order valence-electron chi connectivity index (χ2n) is 9.81. The van der Waals surface area contributed by atoms with Crippen molar-refractivity contribution < 1.29 is 32.2 Å². The molecular weight excluding hydrogens is 473 g/mol. The van der Waals surface area contributed by atoms with Crippen molar-refractivity contribution in [3.63, 3.8) is 0 Å². The van der Waals surface area contributed by atoms with Crippen molar-refractivity contribution in [2.45, 2.75) is 52.3 Å². The van der Waals surface area contributed by atoms with E-state index in [1.807, 2.05) is 20.8 Å². The minimum absolute atomic E-state index is 0.0371. The number of Topliss-reactive ketones (excluding diaryl/α,β-unsaturated/α-hetero) is 1. The smallest absolute Gasteiger partial charge is 0.471 e. The van der Waals surface area contributed by atoms with E-state index < -0.39 is 23.5 Å². The number of ether oxygens (including phenoxy) is 2. The first-order valence-corrected chi connectivity index (χ1v) is 11.8. The Kier molecular flexibility index (Phi) is 6.77. The molecule has 0 spiro atoms. The fourth-order valence-electron chi connectivity index (χ4n) is 4.85. The Balaban J connectivity index is 2.00. The number of para-hydroxylation sites is 2. The summed E-state index contributed by atoms with van der Waals surface area (Å²) in [7, 11) is 1.43. The summed E-state index contributed by atoms with van der Waals surface area (Å²) in [5, 5.41) is 3.19. The van der Waals surface area contributed by atoms with Gasteiger partial charge in [-0.25, -0.2) is 0 Å². The average molecular weight is 503 g/mol. The van der Waals surface area contributed by atoms with Crippen LogP contribution in [0, 0.1) is 5.41 Å². The van der Waals surface area contributed by atoms with Crippen molar-refractivity contribution in [3.8, 4) is 11.5 Å². The van der Waals surface area contributed by atoms with E-state index >= 15 is 0 Å². The average Bonchev–Trinajstić information content (AvgIpc) is 2.95. The lowest BCUT2D eigenvalue weighted by Gasteiger charge is -2.37. The minimum Gasteiger partial charge on any atom is -0.493 e. The molecule has 2 aliphatic rings. The lowest BCUT2D eigenvalue weighted by Crippen LogP contribution is -2.45. The number of alkyl halides is 3. The lowest BCUT2D eigenvalue weighted by molar-refractivity contribution is -0.170. The Morgan fingerprint density at radius 1 is 1.14 bits per heavy atom. The standard InChI is InChI=1S/C27H29F3N2O4/c1-5-12-36-21-11-10-16(13-22(21)35-4)24-23-18(14-26(2,3)15-20(23)33)31-17-8-6-7-9-19(17)32(24)25(34)27(28,29)30/h6-11,13,24,31H,5,12,14-15H2,1-4H3/t24-/m1/s1. The van der Waals surface area contributed by atoms with Crippen LogP contribution >= 0.6 is 0 Å². The van der Waals surface area contributed by atoms with Crippen molar-refractivity contribution in [1.82, 2.24) is 0 Å². The van der Waals surface area contributed by atoms with E-state index in [4.69, 9.17) is 9.47 Å². The van der Waals surface area contributed by atoms with Crippen LogP contribution in [0.2, 0.25) is 0 Å². The van der Waals surface area contributed by atoms with Crippen LogP contribution in [0.1, 0.15) is 51.6 Å². The van der Waals surface area contributed by atoms with Crippen molar-refractivity contribution in [3.05, 3.63) is 59.3 Å². The molecule has 6 nitrogen and oxygen atoms in total. The summed E-state index contributed by atoms with van der Waals surface area (Å²) in [6.45, 7) is 6.24. The third-order valence-electron chi connectivity index (χ3n) is 6.33. The molecule has 1 aliphatic carbocycles. The molecule has 192 valence electrons. The number of rotatable bonds is 5. The number of amides is 1. The number of carbonyl (C=O) groups is 2. The number of halogens is 3. The summed E-state index contributed by atoms with van der Waals surface area (Å²) in [5.74, 6) is -1.64. The number of nitrogens with one attached hydrogen (secondary N) is 1. The Bertz CT molecular complexity index is 1220. The number of carbonyl (C=O) groups excluding carboxylic acids is 2. The van der Waals surface area contributed by atoms with Gasteiger partial charge in [-0.15, -0.1) is 0 Å². The molecule has 9 heteroatoms. The van der Waals surface area contributed by atoms with Crippen LogP contribution in [-0.4, -0.2) is 31.6 Å². The van der Waals surface area contributed by atoms with Crippen LogP contribution in [0.5, 0.6) is 11.5 Å². The van der Waals surface area contributed by atoms with Gasteiger partial charge in [0.1, 0.15) is 0 Å². The molecule has 0 fully saturated rings. The van der Waals surface area contributed by atoms with Crippen LogP contribution in [0.4, 0.5) is 24.5 Å². The van der Waals surface area contributed by atoms with Gasteiger partial charge in [-0.05, 0) is 48.1 Å². The fourth-order valence-corrected chi connectivity index (χ4v) is 4.85. The zero-order valence-electron chi connectivity index (χ0n) is 20.7. The molecule has 1 aliphatic heterocycles. The summed E-state index contributed by atoms with van der Waals surface area (Å²) in [6, 6.07) is 9.69. The van der Waals surface area contributed by atoms with Gasteiger partial charge in [0.2, 0.25) is 0 Å². The molecule has 1 heterocycles. The number of hydrogen-bond acceptors (Lipinski definition) is 5. The molecule has 1 atom stereocenters. The number of methoxy groups -OCH3 is 1. The number of benzene rings is 2. The highest BCUT2D eigenvalue weighted by Gasteiger charge is 2.50. The van der Waals surface area contributed by atoms with E-state index in [-0.39, 0.29) is 23.5 Å². The molecule has 36 heavy (non-hydrogen) atoms. The van der Waals surface area contributed by atoms with E-state index in [9.17, 15) is 22.8 Å².